The van der Waals surface area contributed by atoms with Gasteiger partial charge in [-0.3, -0.25) is 10.9 Å². The van der Waals surface area contributed by atoms with E-state index in [2.05, 4.69) is 43.0 Å². The zero-order chi connectivity index (χ0) is 13.1. The van der Waals surface area contributed by atoms with E-state index in [0.717, 1.165) is 22.8 Å². The first-order chi connectivity index (χ1) is 9.38. The third kappa shape index (κ3) is 2.13. The molecule has 19 heavy (non-hydrogen) atoms. The number of aromatic amines is 1. The van der Waals surface area contributed by atoms with E-state index in [0.29, 0.717) is 11.6 Å². The normalized spacial score (nSPS) is 10.2. The first kappa shape index (κ1) is 11.3. The summed E-state index contributed by atoms with van der Waals surface area (Å²) >= 11 is 0. The average molecular weight is 252 g/mol. The molecule has 94 valence electrons. The molecule has 0 fully saturated rings. The van der Waals surface area contributed by atoms with Crippen LogP contribution in [-0.2, 0) is 0 Å². The molecule has 0 saturated heterocycles. The van der Waals surface area contributed by atoms with Crippen LogP contribution in [0.4, 0.5) is 5.95 Å². The molecule has 0 atom stereocenters. The van der Waals surface area contributed by atoms with Crippen molar-refractivity contribution in [3.8, 4) is 12.0 Å². The van der Waals surface area contributed by atoms with Crippen LogP contribution in [0.3, 0.4) is 0 Å². The number of fused-ring (bicyclic) bond motifs is 3. The Morgan fingerprint density at radius 1 is 1.26 bits per heavy atom. The van der Waals surface area contributed by atoms with E-state index in [1.54, 1.807) is 0 Å². The number of benzene rings is 1. The van der Waals surface area contributed by atoms with Crippen LogP contribution in [0.5, 0.6) is 0 Å². The third-order valence-corrected chi connectivity index (χ3v) is 2.62. The number of hydrazine groups is 1. The highest BCUT2D eigenvalue weighted by molar-refractivity contribution is 6.03. The molecule has 6 heteroatoms. The first-order valence-electron chi connectivity index (χ1n) is 5.98. The molecule has 0 radical (unpaired) electrons. The number of hydrogen-bond acceptors (Lipinski definition) is 5. The van der Waals surface area contributed by atoms with Gasteiger partial charge in [-0.25, -0.2) is 0 Å². The van der Waals surface area contributed by atoms with Crippen molar-refractivity contribution in [2.45, 2.75) is 13.3 Å². The van der Waals surface area contributed by atoms with Crippen LogP contribution in [0, 0.1) is 12.0 Å². The molecule has 3 aromatic rings. The summed E-state index contributed by atoms with van der Waals surface area (Å²) < 4.78 is 0. The van der Waals surface area contributed by atoms with Gasteiger partial charge in [0.2, 0.25) is 0 Å². The van der Waals surface area contributed by atoms with Gasteiger partial charge in [0, 0.05) is 23.4 Å². The zero-order valence-corrected chi connectivity index (χ0v) is 10.4. The minimum Gasteiger partial charge on any atom is -0.338 e. The van der Waals surface area contributed by atoms with Crippen molar-refractivity contribution in [2.75, 3.05) is 5.43 Å². The number of nitrogens with zero attached hydrogens (tertiary/aromatic N) is 3. The third-order valence-electron chi connectivity index (χ3n) is 2.62. The number of anilines is 1. The van der Waals surface area contributed by atoms with Crippen molar-refractivity contribution in [3.63, 3.8) is 0 Å². The number of nitrogens with one attached hydrogen (secondary N) is 3. The lowest BCUT2D eigenvalue weighted by Crippen LogP contribution is -2.17. The maximum absolute atomic E-state index is 4.34. The quantitative estimate of drug-likeness (QED) is 0.368. The summed E-state index contributed by atoms with van der Waals surface area (Å²) in [6, 6.07) is 10.6. The summed E-state index contributed by atoms with van der Waals surface area (Å²) in [4.78, 5) is 7.54. The Morgan fingerprint density at radius 2 is 2.16 bits per heavy atom. The van der Waals surface area contributed by atoms with E-state index < -0.39 is 0 Å². The molecule has 0 saturated carbocycles. The Labute approximate surface area is 109 Å². The molecule has 0 aliphatic carbocycles. The molecule has 0 aliphatic rings. The van der Waals surface area contributed by atoms with E-state index in [1.165, 1.54) is 0 Å². The lowest BCUT2D eigenvalue weighted by Gasteiger charge is -1.99. The van der Waals surface area contributed by atoms with Crippen LogP contribution in [-0.4, -0.2) is 20.2 Å². The standard InChI is InChI=1S/C13H12N6/c1-2-3-8-14-18-13-16-12-11(17-19-13)9-6-4-5-7-10(9)15-12/h4-7,14H,2H2,1H3,(H2,15,16,18,19). The van der Waals surface area contributed by atoms with Gasteiger partial charge >= 0.3 is 0 Å². The first-order valence-corrected chi connectivity index (χ1v) is 5.98. The Bertz CT molecular complexity index is 780. The molecule has 1 aromatic carbocycles. The van der Waals surface area contributed by atoms with Crippen LogP contribution in [0.1, 0.15) is 13.3 Å². The second kappa shape index (κ2) is 4.82. The van der Waals surface area contributed by atoms with E-state index in [4.69, 9.17) is 0 Å². The molecule has 0 spiro atoms. The fourth-order valence-corrected chi connectivity index (χ4v) is 1.79. The number of para-hydroxylation sites is 1. The van der Waals surface area contributed by atoms with Gasteiger partial charge in [-0.15, -0.1) is 10.2 Å². The molecule has 6 nitrogen and oxygen atoms in total. The SMILES string of the molecule is CCC#CNNc1nnc2c(n1)[nH]c1ccccc12. The van der Waals surface area contributed by atoms with Gasteiger partial charge in [0.05, 0.1) is 0 Å². The number of aromatic nitrogens is 4. The fraction of sp³-hybridized carbons (Fsp3) is 0.154. The minimum atomic E-state index is 0.379. The largest absolute Gasteiger partial charge is 0.338 e. The maximum atomic E-state index is 4.34. The topological polar surface area (TPSA) is 78.5 Å². The molecule has 0 aliphatic heterocycles. The van der Waals surface area contributed by atoms with Crippen molar-refractivity contribution in [1.29, 1.82) is 0 Å². The fourth-order valence-electron chi connectivity index (χ4n) is 1.79. The minimum absolute atomic E-state index is 0.379. The smallest absolute Gasteiger partial charge is 0.263 e. The summed E-state index contributed by atoms with van der Waals surface area (Å²) in [6.45, 7) is 1.98. The molecule has 3 N–H and O–H groups in total. The predicted molar refractivity (Wildman–Crippen MR) is 74.0 cm³/mol. The highest BCUT2D eigenvalue weighted by Gasteiger charge is 2.07. The summed E-state index contributed by atoms with van der Waals surface area (Å²) in [5.41, 5.74) is 7.96. The van der Waals surface area contributed by atoms with Crippen LogP contribution in [0.15, 0.2) is 24.3 Å². The summed E-state index contributed by atoms with van der Waals surface area (Å²) in [6.07, 6.45) is 0.787. The summed E-state index contributed by atoms with van der Waals surface area (Å²) in [5, 5.41) is 9.19. The average Bonchev–Trinajstić information content (AvgIpc) is 2.81. The molecule has 0 unspecified atom stereocenters. The monoisotopic (exact) mass is 252 g/mol. The summed E-state index contributed by atoms with van der Waals surface area (Å²) in [5.74, 6) is 3.25. The van der Waals surface area contributed by atoms with Crippen molar-refractivity contribution >= 4 is 28.0 Å². The van der Waals surface area contributed by atoms with Crippen LogP contribution < -0.4 is 10.9 Å². The number of hydrogen-bond donors (Lipinski definition) is 3. The highest BCUT2D eigenvalue weighted by atomic mass is 15.4. The lowest BCUT2D eigenvalue weighted by atomic mass is 10.2. The van der Waals surface area contributed by atoms with Gasteiger partial charge in [0.15, 0.2) is 5.65 Å². The maximum Gasteiger partial charge on any atom is 0.263 e. The second-order valence-electron chi connectivity index (χ2n) is 3.91. The summed E-state index contributed by atoms with van der Waals surface area (Å²) in [7, 11) is 0. The molecule has 2 aromatic heterocycles. The van der Waals surface area contributed by atoms with Crippen molar-refractivity contribution in [3.05, 3.63) is 24.3 Å². The van der Waals surface area contributed by atoms with Crippen molar-refractivity contribution < 1.29 is 0 Å². The molecular formula is C13H12N6. The second-order valence-corrected chi connectivity index (χ2v) is 3.91. The number of H-pyrrole nitrogens is 1. The Hall–Kier alpha value is -2.81. The van der Waals surface area contributed by atoms with E-state index in [9.17, 15) is 0 Å². The van der Waals surface area contributed by atoms with Gasteiger partial charge in [-0.2, -0.15) is 4.98 Å². The zero-order valence-electron chi connectivity index (χ0n) is 10.4. The van der Waals surface area contributed by atoms with Crippen molar-refractivity contribution in [1.82, 2.24) is 25.6 Å². The van der Waals surface area contributed by atoms with Gasteiger partial charge in [0.1, 0.15) is 5.52 Å². The van der Waals surface area contributed by atoms with Crippen LogP contribution in [0.2, 0.25) is 0 Å². The highest BCUT2D eigenvalue weighted by Crippen LogP contribution is 2.21. The van der Waals surface area contributed by atoms with Crippen molar-refractivity contribution in [2.24, 2.45) is 0 Å². The Morgan fingerprint density at radius 3 is 3.05 bits per heavy atom. The Kier molecular flexibility index (Phi) is 2.86. The molecule has 0 amide bonds. The molecular weight excluding hydrogens is 240 g/mol. The molecule has 2 heterocycles. The van der Waals surface area contributed by atoms with E-state index >= 15 is 0 Å². The van der Waals surface area contributed by atoms with Gasteiger partial charge < -0.3 is 4.98 Å². The lowest BCUT2D eigenvalue weighted by molar-refractivity contribution is 0.960. The number of rotatable bonds is 2. The Balaban J connectivity index is 1.94. The van der Waals surface area contributed by atoms with Gasteiger partial charge in [-0.1, -0.05) is 31.0 Å². The molecule has 0 bridgehead atoms. The predicted octanol–water partition coefficient (Wildman–Crippen LogP) is 1.79. The van der Waals surface area contributed by atoms with E-state index in [1.807, 2.05) is 31.2 Å². The molecule has 3 rings (SSSR count). The van der Waals surface area contributed by atoms with Crippen LogP contribution >= 0.6 is 0 Å². The van der Waals surface area contributed by atoms with E-state index in [-0.39, 0.29) is 0 Å². The van der Waals surface area contributed by atoms with Gasteiger partial charge in [-0.05, 0) is 6.07 Å². The van der Waals surface area contributed by atoms with Gasteiger partial charge in [0.25, 0.3) is 5.95 Å². The van der Waals surface area contributed by atoms with Crippen LogP contribution in [0.25, 0.3) is 22.1 Å².